The molecule has 23 heavy (non-hydrogen) atoms. The van der Waals surface area contributed by atoms with Crippen molar-refractivity contribution in [2.24, 2.45) is 5.92 Å². The quantitative estimate of drug-likeness (QED) is 0.855. The molecule has 1 aromatic heterocycles. The van der Waals surface area contributed by atoms with Gasteiger partial charge in [-0.2, -0.15) is 10.4 Å². The first kappa shape index (κ1) is 16.8. The number of aliphatic hydroxyl groups excluding tert-OH is 1. The second-order valence-electron chi connectivity index (χ2n) is 5.51. The summed E-state index contributed by atoms with van der Waals surface area (Å²) in [6.45, 7) is 4.05. The number of benzene rings is 1. The number of aromatic nitrogens is 2. The van der Waals surface area contributed by atoms with E-state index in [0.29, 0.717) is 24.3 Å². The minimum absolute atomic E-state index is 0.0233. The molecule has 2 aromatic rings. The summed E-state index contributed by atoms with van der Waals surface area (Å²) >= 11 is 0. The number of hydrogen-bond donors (Lipinski definition) is 2. The summed E-state index contributed by atoms with van der Waals surface area (Å²) in [4.78, 5) is 0. The summed E-state index contributed by atoms with van der Waals surface area (Å²) in [5.41, 5.74) is 2.93. The summed E-state index contributed by atoms with van der Waals surface area (Å²) in [6, 6.07) is 8.34. The maximum Gasteiger partial charge on any atom is 0.166 e. The first-order valence-electron chi connectivity index (χ1n) is 7.38. The second-order valence-corrected chi connectivity index (χ2v) is 5.51. The predicted octanol–water partition coefficient (Wildman–Crippen LogP) is 2.37. The number of anilines is 1. The third-order valence-corrected chi connectivity index (χ3v) is 3.82. The molecule has 0 saturated heterocycles. The zero-order valence-electron chi connectivity index (χ0n) is 13.2. The Hall–Kier alpha value is -2.52. The molecule has 1 atom stereocenters. The van der Waals surface area contributed by atoms with Crippen molar-refractivity contribution in [1.29, 1.82) is 5.26 Å². The van der Waals surface area contributed by atoms with Crippen LogP contribution in [-0.4, -0.2) is 28.5 Å². The van der Waals surface area contributed by atoms with E-state index in [4.69, 9.17) is 0 Å². The molecule has 1 aromatic carbocycles. The third-order valence-electron chi connectivity index (χ3n) is 3.82. The minimum Gasteiger partial charge on any atom is -0.396 e. The summed E-state index contributed by atoms with van der Waals surface area (Å²) in [5, 5.41) is 29.9. The van der Waals surface area contributed by atoms with E-state index in [9.17, 15) is 14.8 Å². The van der Waals surface area contributed by atoms with Crippen LogP contribution in [0.25, 0.3) is 0 Å². The Labute approximate surface area is 134 Å². The molecule has 0 fully saturated rings. The highest BCUT2D eigenvalue weighted by atomic mass is 19.1. The van der Waals surface area contributed by atoms with Gasteiger partial charge in [0, 0.05) is 19.1 Å². The van der Waals surface area contributed by atoms with E-state index in [1.165, 1.54) is 12.1 Å². The smallest absolute Gasteiger partial charge is 0.166 e. The molecule has 0 unspecified atom stereocenters. The number of aliphatic hydroxyl groups is 1. The Morgan fingerprint density at radius 2 is 1.96 bits per heavy atom. The average Bonchev–Trinajstić information content (AvgIpc) is 2.56. The highest BCUT2D eigenvalue weighted by molar-refractivity contribution is 5.55. The van der Waals surface area contributed by atoms with Gasteiger partial charge in [0.2, 0.25) is 0 Å². The van der Waals surface area contributed by atoms with E-state index < -0.39 is 0 Å². The van der Waals surface area contributed by atoms with Crippen molar-refractivity contribution in [2.75, 3.05) is 18.5 Å². The molecule has 0 aliphatic carbocycles. The number of nitriles is 1. The highest BCUT2D eigenvalue weighted by Crippen LogP contribution is 2.18. The first-order chi connectivity index (χ1) is 11.0. The van der Waals surface area contributed by atoms with Crippen LogP contribution in [0.5, 0.6) is 0 Å². The molecule has 0 amide bonds. The Balaban J connectivity index is 2.05. The molecule has 0 radical (unpaired) electrons. The lowest BCUT2D eigenvalue weighted by atomic mass is 10.00. The molecule has 0 aliphatic heterocycles. The lowest BCUT2D eigenvalue weighted by Crippen LogP contribution is -2.21. The molecule has 6 heteroatoms. The van der Waals surface area contributed by atoms with Crippen molar-refractivity contribution < 1.29 is 9.50 Å². The maximum atomic E-state index is 12.9. The SMILES string of the molecule is Cc1nnc(NC[C@@H](CO)Cc2ccc(F)cc2)c(C#N)c1C. The van der Waals surface area contributed by atoms with Gasteiger partial charge in [-0.1, -0.05) is 12.1 Å². The van der Waals surface area contributed by atoms with Gasteiger partial charge in [0.1, 0.15) is 17.4 Å². The molecule has 1 heterocycles. The van der Waals surface area contributed by atoms with Gasteiger partial charge in [-0.25, -0.2) is 4.39 Å². The van der Waals surface area contributed by atoms with Crippen molar-refractivity contribution in [1.82, 2.24) is 10.2 Å². The van der Waals surface area contributed by atoms with Crippen LogP contribution < -0.4 is 5.32 Å². The maximum absolute atomic E-state index is 12.9. The van der Waals surface area contributed by atoms with Crippen molar-refractivity contribution >= 4 is 5.82 Å². The third kappa shape index (κ3) is 4.24. The largest absolute Gasteiger partial charge is 0.396 e. The minimum atomic E-state index is -0.281. The predicted molar refractivity (Wildman–Crippen MR) is 85.4 cm³/mol. The van der Waals surface area contributed by atoms with Crippen LogP contribution in [-0.2, 0) is 6.42 Å². The normalized spacial score (nSPS) is 11.8. The highest BCUT2D eigenvalue weighted by Gasteiger charge is 2.14. The standard InChI is InChI=1S/C17H19FN4O/c1-11-12(2)21-22-17(16(11)8-19)20-9-14(10-23)7-13-3-5-15(18)6-4-13/h3-6,14,23H,7,9-10H2,1-2H3,(H,20,22)/t14-/m0/s1. The van der Waals surface area contributed by atoms with Gasteiger partial charge in [0.15, 0.2) is 5.82 Å². The molecule has 2 N–H and O–H groups in total. The topological polar surface area (TPSA) is 81.8 Å². The van der Waals surface area contributed by atoms with Crippen LogP contribution in [0.1, 0.15) is 22.4 Å². The number of nitrogens with zero attached hydrogens (tertiary/aromatic N) is 3. The zero-order valence-corrected chi connectivity index (χ0v) is 13.2. The monoisotopic (exact) mass is 314 g/mol. The van der Waals surface area contributed by atoms with Crippen molar-refractivity contribution in [3.8, 4) is 6.07 Å². The molecule has 5 nitrogen and oxygen atoms in total. The molecule has 120 valence electrons. The van der Waals surface area contributed by atoms with Gasteiger partial charge in [-0.15, -0.1) is 5.10 Å². The average molecular weight is 314 g/mol. The van der Waals surface area contributed by atoms with Crippen LogP contribution in [0.3, 0.4) is 0 Å². The summed E-state index contributed by atoms with van der Waals surface area (Å²) in [5.74, 6) is 0.0695. The number of aryl methyl sites for hydroxylation is 1. The first-order valence-corrected chi connectivity index (χ1v) is 7.38. The second kappa shape index (κ2) is 7.65. The molecule has 0 bridgehead atoms. The number of rotatable bonds is 6. The van der Waals surface area contributed by atoms with Crippen LogP contribution >= 0.6 is 0 Å². The zero-order chi connectivity index (χ0) is 16.8. The van der Waals surface area contributed by atoms with E-state index in [2.05, 4.69) is 21.6 Å². The van der Waals surface area contributed by atoms with E-state index in [-0.39, 0.29) is 18.3 Å². The fraction of sp³-hybridized carbons (Fsp3) is 0.353. The number of hydrogen-bond acceptors (Lipinski definition) is 5. The molecular weight excluding hydrogens is 295 g/mol. The van der Waals surface area contributed by atoms with E-state index in [0.717, 1.165) is 16.8 Å². The van der Waals surface area contributed by atoms with Gasteiger partial charge in [0.25, 0.3) is 0 Å². The molecule has 0 saturated carbocycles. The fourth-order valence-electron chi connectivity index (χ4n) is 2.27. The van der Waals surface area contributed by atoms with Crippen LogP contribution in [0.4, 0.5) is 10.2 Å². The fourth-order valence-corrected chi connectivity index (χ4v) is 2.27. The lowest BCUT2D eigenvalue weighted by Gasteiger charge is -2.16. The van der Waals surface area contributed by atoms with E-state index in [1.54, 1.807) is 19.1 Å². The van der Waals surface area contributed by atoms with Gasteiger partial charge < -0.3 is 10.4 Å². The van der Waals surface area contributed by atoms with Crippen LogP contribution in [0.2, 0.25) is 0 Å². The van der Waals surface area contributed by atoms with Crippen molar-refractivity contribution in [2.45, 2.75) is 20.3 Å². The molecule has 0 spiro atoms. The number of halogens is 1. The summed E-state index contributed by atoms with van der Waals surface area (Å²) in [6.07, 6.45) is 0.601. The number of nitrogens with one attached hydrogen (secondary N) is 1. The van der Waals surface area contributed by atoms with Gasteiger partial charge >= 0.3 is 0 Å². The molecule has 2 rings (SSSR count). The Morgan fingerprint density at radius 3 is 2.57 bits per heavy atom. The lowest BCUT2D eigenvalue weighted by molar-refractivity contribution is 0.232. The van der Waals surface area contributed by atoms with Crippen molar-refractivity contribution in [3.05, 3.63) is 52.5 Å². The Morgan fingerprint density at radius 1 is 1.26 bits per heavy atom. The van der Waals surface area contributed by atoms with E-state index in [1.807, 2.05) is 6.92 Å². The Kier molecular flexibility index (Phi) is 5.61. The molecular formula is C17H19FN4O. The molecule has 0 aliphatic rings. The van der Waals surface area contributed by atoms with Crippen molar-refractivity contribution in [3.63, 3.8) is 0 Å². The van der Waals surface area contributed by atoms with Gasteiger partial charge in [-0.3, -0.25) is 0 Å². The van der Waals surface area contributed by atoms with Gasteiger partial charge in [0.05, 0.1) is 5.69 Å². The summed E-state index contributed by atoms with van der Waals surface area (Å²) < 4.78 is 12.9. The van der Waals surface area contributed by atoms with Crippen LogP contribution in [0, 0.1) is 36.9 Å². The van der Waals surface area contributed by atoms with Gasteiger partial charge in [-0.05, 0) is 43.5 Å². The summed E-state index contributed by atoms with van der Waals surface area (Å²) in [7, 11) is 0. The Bertz CT molecular complexity index is 710. The van der Waals surface area contributed by atoms with E-state index >= 15 is 0 Å². The van der Waals surface area contributed by atoms with Crippen LogP contribution in [0.15, 0.2) is 24.3 Å².